The number of benzene rings is 1. The summed E-state index contributed by atoms with van der Waals surface area (Å²) >= 11 is 0. The van der Waals surface area contributed by atoms with E-state index in [9.17, 15) is 9.90 Å². The molecule has 1 fully saturated rings. The maximum absolute atomic E-state index is 12.4. The van der Waals surface area contributed by atoms with E-state index in [4.69, 9.17) is 9.47 Å². The average Bonchev–Trinajstić information content (AvgIpc) is 2.66. The van der Waals surface area contributed by atoms with Crippen molar-refractivity contribution in [3.8, 4) is 11.5 Å². The minimum Gasteiger partial charge on any atom is -0.508 e. The second-order valence-corrected chi connectivity index (χ2v) is 8.10. The normalized spacial score (nSPS) is 17.0. The van der Waals surface area contributed by atoms with Crippen LogP contribution in [0.1, 0.15) is 46.1 Å². The largest absolute Gasteiger partial charge is 0.508 e. The average molecular weight is 534 g/mol. The summed E-state index contributed by atoms with van der Waals surface area (Å²) in [5.74, 6) is 1.50. The minimum absolute atomic E-state index is 0. The lowest BCUT2D eigenvalue weighted by atomic mass is 10.1. The number of halogens is 1. The molecule has 170 valence electrons. The molecule has 1 aromatic rings. The molecule has 0 aliphatic carbocycles. The van der Waals surface area contributed by atoms with Gasteiger partial charge in [-0.25, -0.2) is 9.79 Å². The van der Waals surface area contributed by atoms with Crippen molar-refractivity contribution >= 4 is 36.0 Å². The van der Waals surface area contributed by atoms with Gasteiger partial charge in [0.1, 0.15) is 17.1 Å². The number of guanidine groups is 1. The molecule has 1 unspecified atom stereocenters. The van der Waals surface area contributed by atoms with Gasteiger partial charge in [0.2, 0.25) is 0 Å². The van der Waals surface area contributed by atoms with E-state index in [1.807, 2.05) is 27.7 Å². The number of ether oxygens (including phenoxy) is 2. The topological polar surface area (TPSA) is 95.4 Å². The Bertz CT molecular complexity index is 721. The highest BCUT2D eigenvalue weighted by Crippen LogP contribution is 2.23. The van der Waals surface area contributed by atoms with Crippen LogP contribution in [-0.2, 0) is 11.3 Å². The number of nitrogens with one attached hydrogen (secondary N) is 2. The van der Waals surface area contributed by atoms with Crippen LogP contribution in [0.25, 0.3) is 0 Å². The zero-order chi connectivity index (χ0) is 21.4. The van der Waals surface area contributed by atoms with E-state index in [0.29, 0.717) is 43.5 Å². The van der Waals surface area contributed by atoms with Crippen molar-refractivity contribution in [2.45, 2.75) is 58.7 Å². The van der Waals surface area contributed by atoms with Gasteiger partial charge in [-0.1, -0.05) is 0 Å². The molecule has 0 aromatic heterocycles. The van der Waals surface area contributed by atoms with Gasteiger partial charge in [-0.2, -0.15) is 0 Å². The summed E-state index contributed by atoms with van der Waals surface area (Å²) in [6, 6.07) is 5.16. The molecule has 1 amide bonds. The monoisotopic (exact) mass is 534 g/mol. The first-order chi connectivity index (χ1) is 13.7. The Morgan fingerprint density at radius 3 is 2.73 bits per heavy atom. The number of hydrogen-bond acceptors (Lipinski definition) is 5. The van der Waals surface area contributed by atoms with Gasteiger partial charge in [0, 0.05) is 31.2 Å². The van der Waals surface area contributed by atoms with Gasteiger partial charge in [0.25, 0.3) is 0 Å². The van der Waals surface area contributed by atoms with Gasteiger partial charge in [-0.05, 0) is 58.7 Å². The van der Waals surface area contributed by atoms with Gasteiger partial charge in [0.15, 0.2) is 5.96 Å². The number of likely N-dealkylation sites (tertiary alicyclic amines) is 1. The van der Waals surface area contributed by atoms with Crippen LogP contribution in [0, 0.1) is 0 Å². The van der Waals surface area contributed by atoms with Crippen LogP contribution in [0.2, 0.25) is 0 Å². The van der Waals surface area contributed by atoms with Crippen molar-refractivity contribution in [3.63, 3.8) is 0 Å². The summed E-state index contributed by atoms with van der Waals surface area (Å²) in [5.41, 5.74) is 0.174. The molecule has 1 aliphatic heterocycles. The highest BCUT2D eigenvalue weighted by Gasteiger charge is 2.28. The highest BCUT2D eigenvalue weighted by molar-refractivity contribution is 14.0. The summed E-state index contributed by atoms with van der Waals surface area (Å²) in [7, 11) is 1.59. The summed E-state index contributed by atoms with van der Waals surface area (Å²) < 4.78 is 10.7. The van der Waals surface area contributed by atoms with Gasteiger partial charge < -0.3 is 30.1 Å². The molecule has 1 atom stereocenters. The molecule has 1 aliphatic rings. The number of carbonyl (C=O) groups is 1. The molecule has 30 heavy (non-hydrogen) atoms. The standard InChI is InChI=1S/C21H34N4O4.HI/c1-6-22-19(23-13-15-12-17(28-5)9-10-18(15)26)24-16-8-7-11-25(14-16)20(27)29-21(2,3)4;/h9-10,12,16,26H,6-8,11,13-14H2,1-5H3,(H2,22,23,24);1H. The summed E-state index contributed by atoms with van der Waals surface area (Å²) in [4.78, 5) is 18.7. The van der Waals surface area contributed by atoms with E-state index in [1.165, 1.54) is 0 Å². The van der Waals surface area contributed by atoms with Crippen LogP contribution in [0.4, 0.5) is 4.79 Å². The van der Waals surface area contributed by atoms with Crippen LogP contribution in [-0.4, -0.2) is 60.4 Å². The Morgan fingerprint density at radius 1 is 1.37 bits per heavy atom. The van der Waals surface area contributed by atoms with Crippen molar-refractivity contribution in [2.24, 2.45) is 4.99 Å². The fourth-order valence-electron chi connectivity index (χ4n) is 3.08. The Morgan fingerprint density at radius 2 is 2.10 bits per heavy atom. The number of amides is 1. The molecular weight excluding hydrogens is 499 g/mol. The van der Waals surface area contributed by atoms with Crippen molar-refractivity contribution in [2.75, 3.05) is 26.7 Å². The summed E-state index contributed by atoms with van der Waals surface area (Å²) in [6.45, 7) is 9.87. The smallest absolute Gasteiger partial charge is 0.410 e. The quantitative estimate of drug-likeness (QED) is 0.304. The number of piperidine rings is 1. The number of methoxy groups -OCH3 is 1. The molecule has 0 spiro atoms. The number of nitrogens with zero attached hydrogens (tertiary/aromatic N) is 2. The summed E-state index contributed by atoms with van der Waals surface area (Å²) in [6.07, 6.45) is 1.55. The molecule has 0 radical (unpaired) electrons. The molecule has 1 aromatic carbocycles. The maximum Gasteiger partial charge on any atom is 0.410 e. The maximum atomic E-state index is 12.4. The van der Waals surface area contributed by atoms with E-state index >= 15 is 0 Å². The van der Waals surface area contributed by atoms with Gasteiger partial charge in [-0.15, -0.1) is 24.0 Å². The van der Waals surface area contributed by atoms with Crippen LogP contribution in [0.5, 0.6) is 11.5 Å². The van der Waals surface area contributed by atoms with Crippen molar-refractivity contribution in [1.82, 2.24) is 15.5 Å². The first kappa shape index (κ1) is 26.1. The predicted octanol–water partition coefficient (Wildman–Crippen LogP) is 3.47. The third-order valence-electron chi connectivity index (χ3n) is 4.45. The number of phenolic OH excluding ortho intramolecular Hbond substituents is 1. The second-order valence-electron chi connectivity index (χ2n) is 8.10. The number of phenols is 1. The summed E-state index contributed by atoms with van der Waals surface area (Å²) in [5, 5.41) is 16.7. The first-order valence-electron chi connectivity index (χ1n) is 10.1. The highest BCUT2D eigenvalue weighted by atomic mass is 127. The molecule has 0 saturated carbocycles. The molecule has 9 heteroatoms. The number of aromatic hydroxyl groups is 1. The Balaban J connectivity index is 0.00000450. The van der Waals surface area contributed by atoms with Crippen LogP contribution in [0.3, 0.4) is 0 Å². The van der Waals surface area contributed by atoms with E-state index < -0.39 is 5.60 Å². The number of carbonyl (C=O) groups excluding carboxylic acids is 1. The van der Waals surface area contributed by atoms with Crippen molar-refractivity contribution < 1.29 is 19.4 Å². The van der Waals surface area contributed by atoms with Gasteiger partial charge in [-0.3, -0.25) is 0 Å². The van der Waals surface area contributed by atoms with Gasteiger partial charge in [0.05, 0.1) is 13.7 Å². The van der Waals surface area contributed by atoms with Crippen LogP contribution in [0.15, 0.2) is 23.2 Å². The third kappa shape index (κ3) is 8.45. The molecule has 1 saturated heterocycles. The number of aliphatic imine (C=N–C) groups is 1. The molecular formula is C21H35IN4O4. The Kier molecular flexibility index (Phi) is 10.5. The zero-order valence-electron chi connectivity index (χ0n) is 18.5. The van der Waals surface area contributed by atoms with Crippen LogP contribution < -0.4 is 15.4 Å². The first-order valence-corrected chi connectivity index (χ1v) is 10.1. The van der Waals surface area contributed by atoms with E-state index in [1.54, 1.807) is 30.2 Å². The number of hydrogen-bond donors (Lipinski definition) is 3. The SMILES string of the molecule is CCNC(=NCc1cc(OC)ccc1O)NC1CCCN(C(=O)OC(C)(C)C)C1.I. The molecule has 2 rings (SSSR count). The Labute approximate surface area is 196 Å². The predicted molar refractivity (Wildman–Crippen MR) is 129 cm³/mol. The van der Waals surface area contributed by atoms with Crippen LogP contribution >= 0.6 is 24.0 Å². The zero-order valence-corrected chi connectivity index (χ0v) is 20.9. The molecule has 8 nitrogen and oxygen atoms in total. The van der Waals surface area contributed by atoms with Gasteiger partial charge >= 0.3 is 6.09 Å². The van der Waals surface area contributed by atoms with E-state index in [0.717, 1.165) is 12.8 Å². The lowest BCUT2D eigenvalue weighted by Crippen LogP contribution is -2.53. The van der Waals surface area contributed by atoms with Crippen molar-refractivity contribution in [3.05, 3.63) is 23.8 Å². The minimum atomic E-state index is -0.507. The third-order valence-corrected chi connectivity index (χ3v) is 4.45. The fraction of sp³-hybridized carbons (Fsp3) is 0.619. The van der Waals surface area contributed by atoms with E-state index in [-0.39, 0.29) is 41.9 Å². The lowest BCUT2D eigenvalue weighted by Gasteiger charge is -2.35. The number of rotatable bonds is 5. The molecule has 1 heterocycles. The molecule has 3 N–H and O–H groups in total. The lowest BCUT2D eigenvalue weighted by molar-refractivity contribution is 0.0193. The Hall–Kier alpha value is -1.91. The van der Waals surface area contributed by atoms with Crippen molar-refractivity contribution in [1.29, 1.82) is 0 Å². The van der Waals surface area contributed by atoms with E-state index in [2.05, 4.69) is 15.6 Å². The molecule has 0 bridgehead atoms. The fourth-order valence-corrected chi connectivity index (χ4v) is 3.08. The second kappa shape index (κ2) is 12.1.